The number of benzene rings is 1. The Morgan fingerprint density at radius 1 is 1.19 bits per heavy atom. The molecule has 5 heteroatoms. The Morgan fingerprint density at radius 2 is 1.85 bits per heavy atom. The highest BCUT2D eigenvalue weighted by Gasteiger charge is 2.41. The van der Waals surface area contributed by atoms with Crippen LogP contribution in [0.4, 0.5) is 0 Å². The molecular formula is C21H31N3O2. The highest BCUT2D eigenvalue weighted by atomic mass is 16.2. The van der Waals surface area contributed by atoms with Crippen molar-refractivity contribution in [2.24, 2.45) is 11.8 Å². The Hall–Kier alpha value is -1.88. The smallest absolute Gasteiger partial charge is 0.223 e. The summed E-state index contributed by atoms with van der Waals surface area (Å²) in [7, 11) is 0. The van der Waals surface area contributed by atoms with Gasteiger partial charge in [0.1, 0.15) is 0 Å². The first-order valence-corrected chi connectivity index (χ1v) is 9.86. The van der Waals surface area contributed by atoms with E-state index in [0.29, 0.717) is 18.9 Å². The van der Waals surface area contributed by atoms with Gasteiger partial charge in [0.05, 0.1) is 5.54 Å². The lowest BCUT2D eigenvalue weighted by Gasteiger charge is -2.42. The maximum Gasteiger partial charge on any atom is 0.223 e. The van der Waals surface area contributed by atoms with E-state index in [1.54, 1.807) is 0 Å². The topological polar surface area (TPSA) is 61.4 Å². The van der Waals surface area contributed by atoms with Crippen molar-refractivity contribution in [2.45, 2.75) is 51.6 Å². The first kappa shape index (κ1) is 18.9. The number of piperidine rings is 1. The van der Waals surface area contributed by atoms with Gasteiger partial charge in [0, 0.05) is 38.5 Å². The van der Waals surface area contributed by atoms with Crippen LogP contribution in [0.15, 0.2) is 30.3 Å². The molecule has 2 fully saturated rings. The summed E-state index contributed by atoms with van der Waals surface area (Å²) < 4.78 is 0. The fraction of sp³-hybridized carbons (Fsp3) is 0.619. The predicted molar refractivity (Wildman–Crippen MR) is 102 cm³/mol. The summed E-state index contributed by atoms with van der Waals surface area (Å²) in [6, 6.07) is 10.5. The third-order valence-corrected chi connectivity index (χ3v) is 5.84. The number of rotatable bonds is 7. The number of hydrogen-bond acceptors (Lipinski definition) is 3. The SMILES string of the molecule is CCC(=O)NC1(CNC(=O)[C@@H]2C[C@H]2C)CCN(Cc2ccccc2)CC1. The van der Waals surface area contributed by atoms with E-state index in [4.69, 9.17) is 0 Å². The van der Waals surface area contributed by atoms with Crippen molar-refractivity contribution in [3.8, 4) is 0 Å². The normalized spacial score (nSPS) is 24.7. The molecule has 0 aromatic heterocycles. The van der Waals surface area contributed by atoms with Crippen molar-refractivity contribution in [1.82, 2.24) is 15.5 Å². The van der Waals surface area contributed by atoms with E-state index in [2.05, 4.69) is 46.7 Å². The first-order valence-electron chi connectivity index (χ1n) is 9.86. The van der Waals surface area contributed by atoms with Crippen molar-refractivity contribution in [3.05, 3.63) is 35.9 Å². The van der Waals surface area contributed by atoms with Gasteiger partial charge in [0.15, 0.2) is 0 Å². The minimum atomic E-state index is -0.311. The van der Waals surface area contributed by atoms with Gasteiger partial charge in [-0.1, -0.05) is 44.2 Å². The zero-order chi connectivity index (χ0) is 18.6. The lowest BCUT2D eigenvalue weighted by atomic mass is 9.86. The average Bonchev–Trinajstić information content (AvgIpc) is 3.39. The number of carbonyl (C=O) groups excluding carboxylic acids is 2. The molecule has 2 N–H and O–H groups in total. The van der Waals surface area contributed by atoms with Gasteiger partial charge in [0.25, 0.3) is 0 Å². The van der Waals surface area contributed by atoms with Gasteiger partial charge in [-0.25, -0.2) is 0 Å². The lowest BCUT2D eigenvalue weighted by molar-refractivity contribution is -0.126. The minimum Gasteiger partial charge on any atom is -0.354 e. The maximum absolute atomic E-state index is 12.2. The second kappa shape index (κ2) is 8.21. The summed E-state index contributed by atoms with van der Waals surface area (Å²) in [4.78, 5) is 26.7. The summed E-state index contributed by atoms with van der Waals surface area (Å²) in [6.45, 7) is 7.31. The summed E-state index contributed by atoms with van der Waals surface area (Å²) in [6.07, 6.45) is 3.20. The number of amides is 2. The van der Waals surface area contributed by atoms with Crippen LogP contribution in [0.2, 0.25) is 0 Å². The van der Waals surface area contributed by atoms with Crippen molar-refractivity contribution in [3.63, 3.8) is 0 Å². The monoisotopic (exact) mass is 357 g/mol. The van der Waals surface area contributed by atoms with Crippen LogP contribution in [0.25, 0.3) is 0 Å². The number of hydrogen-bond donors (Lipinski definition) is 2. The van der Waals surface area contributed by atoms with Gasteiger partial charge >= 0.3 is 0 Å². The van der Waals surface area contributed by atoms with Gasteiger partial charge in [0.2, 0.25) is 11.8 Å². The van der Waals surface area contributed by atoms with Gasteiger partial charge < -0.3 is 10.6 Å². The number of nitrogens with one attached hydrogen (secondary N) is 2. The standard InChI is InChI=1S/C21H31N3O2/c1-3-19(25)23-21(15-22-20(26)18-13-16(18)2)9-11-24(12-10-21)14-17-7-5-4-6-8-17/h4-8,16,18H,3,9-15H2,1-2H3,(H,22,26)(H,23,25)/t16-,18-/m1/s1. The second-order valence-corrected chi connectivity index (χ2v) is 7.98. The minimum absolute atomic E-state index is 0.0653. The molecule has 2 atom stereocenters. The Kier molecular flexibility index (Phi) is 5.97. The van der Waals surface area contributed by atoms with Crippen LogP contribution in [0.1, 0.15) is 45.1 Å². The van der Waals surface area contributed by atoms with Crippen molar-refractivity contribution >= 4 is 11.8 Å². The lowest BCUT2D eigenvalue weighted by Crippen LogP contribution is -2.60. The van der Waals surface area contributed by atoms with Crippen LogP contribution in [-0.4, -0.2) is 41.9 Å². The molecule has 1 aliphatic heterocycles. The van der Waals surface area contributed by atoms with Crippen molar-refractivity contribution in [1.29, 1.82) is 0 Å². The van der Waals surface area contributed by atoms with Gasteiger partial charge in [-0.05, 0) is 30.7 Å². The molecule has 1 aromatic rings. The van der Waals surface area contributed by atoms with Gasteiger partial charge in [-0.2, -0.15) is 0 Å². The third kappa shape index (κ3) is 4.85. The van der Waals surface area contributed by atoms with Crippen molar-refractivity contribution in [2.75, 3.05) is 19.6 Å². The predicted octanol–water partition coefficient (Wildman–Crippen LogP) is 2.32. The Balaban J connectivity index is 1.56. The fourth-order valence-electron chi connectivity index (χ4n) is 3.79. The van der Waals surface area contributed by atoms with E-state index >= 15 is 0 Å². The molecule has 1 aliphatic carbocycles. The molecule has 2 aliphatic rings. The van der Waals surface area contributed by atoms with E-state index in [0.717, 1.165) is 38.9 Å². The van der Waals surface area contributed by atoms with Crippen LogP contribution >= 0.6 is 0 Å². The molecule has 0 unspecified atom stereocenters. The fourth-order valence-corrected chi connectivity index (χ4v) is 3.79. The molecule has 2 amide bonds. The molecule has 1 saturated carbocycles. The van der Waals surface area contributed by atoms with Crippen LogP contribution in [-0.2, 0) is 16.1 Å². The average molecular weight is 357 g/mol. The first-order chi connectivity index (χ1) is 12.5. The van der Waals surface area contributed by atoms with E-state index in [9.17, 15) is 9.59 Å². The molecule has 26 heavy (non-hydrogen) atoms. The molecule has 0 spiro atoms. The molecule has 0 radical (unpaired) electrons. The Labute approximate surface area is 156 Å². The van der Waals surface area contributed by atoms with Gasteiger partial charge in [-0.3, -0.25) is 14.5 Å². The number of carbonyl (C=O) groups is 2. The number of likely N-dealkylation sites (tertiary alicyclic amines) is 1. The van der Waals surface area contributed by atoms with Crippen LogP contribution in [0.3, 0.4) is 0 Å². The molecule has 142 valence electrons. The maximum atomic E-state index is 12.2. The molecule has 1 aromatic carbocycles. The highest BCUT2D eigenvalue weighted by Crippen LogP contribution is 2.37. The van der Waals surface area contributed by atoms with E-state index < -0.39 is 0 Å². The van der Waals surface area contributed by atoms with Crippen molar-refractivity contribution < 1.29 is 9.59 Å². The highest BCUT2D eigenvalue weighted by molar-refractivity contribution is 5.81. The Morgan fingerprint density at radius 3 is 2.42 bits per heavy atom. The summed E-state index contributed by atoms with van der Waals surface area (Å²) in [5, 5.41) is 6.32. The summed E-state index contributed by atoms with van der Waals surface area (Å²) >= 11 is 0. The molecule has 0 bridgehead atoms. The van der Waals surface area contributed by atoms with Crippen LogP contribution in [0, 0.1) is 11.8 Å². The van der Waals surface area contributed by atoms with Crippen LogP contribution in [0.5, 0.6) is 0 Å². The largest absolute Gasteiger partial charge is 0.354 e. The molecule has 5 nitrogen and oxygen atoms in total. The van der Waals surface area contributed by atoms with E-state index in [1.807, 2.05) is 13.0 Å². The zero-order valence-electron chi connectivity index (χ0n) is 16.0. The summed E-state index contributed by atoms with van der Waals surface area (Å²) in [5.41, 5.74) is 1.00. The quantitative estimate of drug-likeness (QED) is 0.787. The second-order valence-electron chi connectivity index (χ2n) is 7.98. The molecular weight excluding hydrogens is 326 g/mol. The van der Waals surface area contributed by atoms with E-state index in [1.165, 1.54) is 5.56 Å². The molecule has 1 saturated heterocycles. The summed E-state index contributed by atoms with van der Waals surface area (Å²) in [5.74, 6) is 0.890. The zero-order valence-corrected chi connectivity index (χ0v) is 16.0. The molecule has 1 heterocycles. The van der Waals surface area contributed by atoms with E-state index in [-0.39, 0.29) is 23.3 Å². The Bertz CT molecular complexity index is 623. The third-order valence-electron chi connectivity index (χ3n) is 5.84. The molecule has 3 rings (SSSR count). The number of nitrogens with zero attached hydrogens (tertiary/aromatic N) is 1. The van der Waals surface area contributed by atoms with Gasteiger partial charge in [-0.15, -0.1) is 0 Å². The van der Waals surface area contributed by atoms with Crippen LogP contribution < -0.4 is 10.6 Å².